The van der Waals surface area contributed by atoms with E-state index < -0.39 is 0 Å². The molecule has 0 heterocycles. The molecule has 0 N–H and O–H groups in total. The monoisotopic (exact) mass is 316 g/mol. The van der Waals surface area contributed by atoms with E-state index in [0.29, 0.717) is 11.0 Å². The lowest BCUT2D eigenvalue weighted by molar-refractivity contribution is 0.0174. The fourth-order valence-electron chi connectivity index (χ4n) is 4.22. The van der Waals surface area contributed by atoms with Gasteiger partial charge < -0.3 is 4.74 Å². The van der Waals surface area contributed by atoms with Crippen molar-refractivity contribution in [3.8, 4) is 0 Å². The van der Waals surface area contributed by atoms with Gasteiger partial charge in [-0.15, -0.1) is 0 Å². The number of benzene rings is 1. The molecule has 2 heteroatoms. The predicted octanol–water partition coefficient (Wildman–Crippen LogP) is 5.86. The summed E-state index contributed by atoms with van der Waals surface area (Å²) < 4.78 is 5.74. The number of rotatable bonds is 6. The van der Waals surface area contributed by atoms with Crippen LogP contribution >= 0.6 is 0 Å². The molecule has 0 bridgehead atoms. The summed E-state index contributed by atoms with van der Waals surface area (Å²) in [6.07, 6.45) is 7.08. The van der Waals surface area contributed by atoms with Crippen LogP contribution in [0.3, 0.4) is 0 Å². The largest absolute Gasteiger partial charge is 0.459 e. The highest BCUT2D eigenvalue weighted by atomic mass is 16.5. The van der Waals surface area contributed by atoms with E-state index in [4.69, 9.17) is 4.74 Å². The zero-order valence-corrected chi connectivity index (χ0v) is 15.2. The average molecular weight is 316 g/mol. The van der Waals surface area contributed by atoms with Crippen LogP contribution < -0.4 is 0 Å². The Kier molecular flexibility index (Phi) is 6.26. The first-order chi connectivity index (χ1) is 10.9. The molecule has 0 spiro atoms. The Hall–Kier alpha value is -1.31. The van der Waals surface area contributed by atoms with Gasteiger partial charge >= 0.3 is 5.97 Å². The molecule has 0 radical (unpaired) electrons. The van der Waals surface area contributed by atoms with Gasteiger partial charge in [0.1, 0.15) is 6.10 Å². The summed E-state index contributed by atoms with van der Waals surface area (Å²) in [6.45, 7) is 9.31. The number of hydrogen-bond acceptors (Lipinski definition) is 2. The van der Waals surface area contributed by atoms with E-state index >= 15 is 0 Å². The van der Waals surface area contributed by atoms with Gasteiger partial charge in [0.15, 0.2) is 0 Å². The molecule has 1 fully saturated rings. The summed E-state index contributed by atoms with van der Waals surface area (Å²) in [5.41, 5.74) is 1.07. The van der Waals surface area contributed by atoms with Crippen molar-refractivity contribution < 1.29 is 9.53 Å². The van der Waals surface area contributed by atoms with Crippen LogP contribution in [0.25, 0.3) is 0 Å². The van der Waals surface area contributed by atoms with Crippen molar-refractivity contribution >= 4 is 5.97 Å². The SMILES string of the molecule is CCC(CC[C@@H]1[C@@H](C)CCCC1(C)C)OC(=O)c1ccccc1. The van der Waals surface area contributed by atoms with Crippen molar-refractivity contribution in [3.05, 3.63) is 35.9 Å². The van der Waals surface area contributed by atoms with Crippen LogP contribution in [0.5, 0.6) is 0 Å². The summed E-state index contributed by atoms with van der Waals surface area (Å²) in [4.78, 5) is 12.2. The fourth-order valence-corrected chi connectivity index (χ4v) is 4.22. The maximum atomic E-state index is 12.2. The van der Waals surface area contributed by atoms with Crippen molar-refractivity contribution in [1.82, 2.24) is 0 Å². The van der Waals surface area contributed by atoms with E-state index in [0.717, 1.165) is 31.1 Å². The first kappa shape index (κ1) is 18.0. The Balaban J connectivity index is 1.90. The Labute approximate surface area is 141 Å². The van der Waals surface area contributed by atoms with E-state index in [1.54, 1.807) is 0 Å². The maximum Gasteiger partial charge on any atom is 0.338 e. The predicted molar refractivity (Wildman–Crippen MR) is 95.5 cm³/mol. The van der Waals surface area contributed by atoms with Gasteiger partial charge in [-0.25, -0.2) is 4.79 Å². The second kappa shape index (κ2) is 7.99. The van der Waals surface area contributed by atoms with Crippen LogP contribution in [0.1, 0.15) is 76.6 Å². The standard InChI is InChI=1S/C21H32O2/c1-5-18(23-20(22)17-11-7-6-8-12-17)13-14-19-16(2)10-9-15-21(19,3)4/h6-8,11-12,16,18-19H,5,9-10,13-15H2,1-4H3/t16-,18?,19+/m0/s1. The topological polar surface area (TPSA) is 26.3 Å². The highest BCUT2D eigenvalue weighted by molar-refractivity contribution is 5.89. The number of hydrogen-bond donors (Lipinski definition) is 0. The molecule has 128 valence electrons. The van der Waals surface area contributed by atoms with Crippen LogP contribution in [-0.2, 0) is 4.74 Å². The van der Waals surface area contributed by atoms with Crippen LogP contribution in [0.15, 0.2) is 30.3 Å². The molecule has 1 unspecified atom stereocenters. The molecule has 0 saturated heterocycles. The third kappa shape index (κ3) is 4.83. The molecule has 0 amide bonds. The first-order valence-corrected chi connectivity index (χ1v) is 9.20. The summed E-state index contributed by atoms with van der Waals surface area (Å²) in [7, 11) is 0. The van der Waals surface area contributed by atoms with E-state index in [9.17, 15) is 4.79 Å². The molecule has 1 saturated carbocycles. The quantitative estimate of drug-likeness (QED) is 0.614. The van der Waals surface area contributed by atoms with Crippen molar-refractivity contribution in [3.63, 3.8) is 0 Å². The maximum absolute atomic E-state index is 12.2. The molecule has 1 aromatic rings. The van der Waals surface area contributed by atoms with Crippen molar-refractivity contribution in [2.24, 2.45) is 17.3 Å². The Bertz CT molecular complexity index is 492. The second-order valence-corrected chi connectivity index (χ2v) is 7.84. The highest BCUT2D eigenvalue weighted by Crippen LogP contribution is 2.46. The molecule has 2 rings (SSSR count). The van der Waals surface area contributed by atoms with Crippen molar-refractivity contribution in [2.45, 2.75) is 72.3 Å². The molecule has 1 aromatic carbocycles. The zero-order valence-electron chi connectivity index (χ0n) is 15.2. The first-order valence-electron chi connectivity index (χ1n) is 9.20. The Morgan fingerprint density at radius 2 is 2.00 bits per heavy atom. The minimum Gasteiger partial charge on any atom is -0.459 e. The van der Waals surface area contributed by atoms with Crippen molar-refractivity contribution in [2.75, 3.05) is 0 Å². The van der Waals surface area contributed by atoms with Gasteiger partial charge in [0, 0.05) is 0 Å². The van der Waals surface area contributed by atoms with E-state index in [1.807, 2.05) is 30.3 Å². The lowest BCUT2D eigenvalue weighted by atomic mass is 9.62. The van der Waals surface area contributed by atoms with E-state index in [-0.39, 0.29) is 12.1 Å². The molecule has 3 atom stereocenters. The van der Waals surface area contributed by atoms with Crippen molar-refractivity contribution in [1.29, 1.82) is 0 Å². The molecule has 1 aliphatic carbocycles. The van der Waals surface area contributed by atoms with Gasteiger partial charge in [0.25, 0.3) is 0 Å². The number of carbonyl (C=O) groups excluding carboxylic acids is 1. The Morgan fingerprint density at radius 3 is 2.61 bits per heavy atom. The molecule has 1 aliphatic rings. The molecular weight excluding hydrogens is 284 g/mol. The van der Waals surface area contributed by atoms with Gasteiger partial charge in [-0.3, -0.25) is 0 Å². The molecule has 0 aromatic heterocycles. The van der Waals surface area contributed by atoms with Gasteiger partial charge in [0.05, 0.1) is 5.56 Å². The average Bonchev–Trinajstić information content (AvgIpc) is 2.53. The summed E-state index contributed by atoms with van der Waals surface area (Å²) in [6, 6.07) is 9.32. The van der Waals surface area contributed by atoms with Crippen LogP contribution in [0.2, 0.25) is 0 Å². The summed E-state index contributed by atoms with van der Waals surface area (Å²) in [5.74, 6) is 1.33. The Morgan fingerprint density at radius 1 is 1.30 bits per heavy atom. The lowest BCUT2D eigenvalue weighted by Gasteiger charge is -2.43. The third-order valence-electron chi connectivity index (χ3n) is 5.71. The molecule has 0 aliphatic heterocycles. The molecular formula is C21H32O2. The number of carbonyl (C=O) groups is 1. The summed E-state index contributed by atoms with van der Waals surface area (Å²) in [5, 5.41) is 0. The minimum absolute atomic E-state index is 0.0348. The number of esters is 1. The van der Waals surface area contributed by atoms with Gasteiger partial charge in [-0.05, 0) is 55.1 Å². The minimum atomic E-state index is -0.187. The number of ether oxygens (including phenoxy) is 1. The van der Waals surface area contributed by atoms with Gasteiger partial charge in [-0.2, -0.15) is 0 Å². The van der Waals surface area contributed by atoms with Gasteiger partial charge in [-0.1, -0.05) is 58.7 Å². The molecule has 2 nitrogen and oxygen atoms in total. The smallest absolute Gasteiger partial charge is 0.338 e. The highest BCUT2D eigenvalue weighted by Gasteiger charge is 2.36. The lowest BCUT2D eigenvalue weighted by Crippen LogP contribution is -2.34. The van der Waals surface area contributed by atoms with Gasteiger partial charge in [0.2, 0.25) is 0 Å². The fraction of sp³-hybridized carbons (Fsp3) is 0.667. The van der Waals surface area contributed by atoms with Crippen LogP contribution in [0.4, 0.5) is 0 Å². The van der Waals surface area contributed by atoms with E-state index in [1.165, 1.54) is 19.3 Å². The van der Waals surface area contributed by atoms with Crippen LogP contribution in [-0.4, -0.2) is 12.1 Å². The normalized spacial score (nSPS) is 24.9. The molecule has 23 heavy (non-hydrogen) atoms. The van der Waals surface area contributed by atoms with Crippen LogP contribution in [0, 0.1) is 17.3 Å². The zero-order chi connectivity index (χ0) is 16.9. The summed E-state index contributed by atoms with van der Waals surface area (Å²) >= 11 is 0. The third-order valence-corrected chi connectivity index (χ3v) is 5.71. The van der Waals surface area contributed by atoms with E-state index in [2.05, 4.69) is 27.7 Å². The second-order valence-electron chi connectivity index (χ2n) is 7.84.